The SMILES string of the molecule is CC1(C)c2ccccc2-c2c(N(c3ccc(-c4ccccc4)cc3)c3ccc4sc5c(ccc6ccc7ccccc7c65)c4c3)cccc21. The minimum Gasteiger partial charge on any atom is -0.310 e. The van der Waals surface area contributed by atoms with Crippen LogP contribution >= 0.6 is 11.3 Å². The Morgan fingerprint density at radius 1 is 0.490 bits per heavy atom. The Morgan fingerprint density at radius 2 is 1.18 bits per heavy atom. The molecule has 1 nitrogen and oxygen atoms in total. The third kappa shape index (κ3) is 4.24. The number of rotatable bonds is 4. The number of nitrogens with zero attached hydrogens (tertiary/aromatic N) is 1. The van der Waals surface area contributed by atoms with E-state index in [1.54, 1.807) is 0 Å². The van der Waals surface area contributed by atoms with Crippen LogP contribution in [-0.2, 0) is 5.41 Å². The van der Waals surface area contributed by atoms with Crippen LogP contribution in [0.4, 0.5) is 17.1 Å². The Kier molecular flexibility index (Phi) is 6.16. The van der Waals surface area contributed by atoms with Gasteiger partial charge in [-0.25, -0.2) is 0 Å². The molecule has 1 aliphatic rings. The van der Waals surface area contributed by atoms with Crippen molar-refractivity contribution in [3.8, 4) is 22.3 Å². The van der Waals surface area contributed by atoms with Gasteiger partial charge in [0.25, 0.3) is 0 Å². The highest BCUT2D eigenvalue weighted by atomic mass is 32.1. The average Bonchev–Trinajstić information content (AvgIpc) is 3.64. The van der Waals surface area contributed by atoms with E-state index in [2.05, 4.69) is 183 Å². The molecule has 0 saturated heterocycles. The molecule has 1 aliphatic carbocycles. The molecule has 0 unspecified atom stereocenters. The molecule has 232 valence electrons. The van der Waals surface area contributed by atoms with Crippen molar-refractivity contribution in [3.63, 3.8) is 0 Å². The van der Waals surface area contributed by atoms with Gasteiger partial charge in [0.2, 0.25) is 0 Å². The van der Waals surface area contributed by atoms with E-state index in [0.29, 0.717) is 0 Å². The van der Waals surface area contributed by atoms with Crippen molar-refractivity contribution in [2.24, 2.45) is 0 Å². The van der Waals surface area contributed by atoms with Crippen LogP contribution in [-0.4, -0.2) is 0 Å². The Morgan fingerprint density at radius 3 is 2.06 bits per heavy atom. The lowest BCUT2D eigenvalue weighted by Gasteiger charge is -2.29. The van der Waals surface area contributed by atoms with Crippen molar-refractivity contribution in [1.29, 1.82) is 0 Å². The smallest absolute Gasteiger partial charge is 0.0543 e. The van der Waals surface area contributed by atoms with Gasteiger partial charge in [-0.15, -0.1) is 11.3 Å². The number of fused-ring (bicyclic) bond motifs is 10. The maximum atomic E-state index is 2.48. The second-order valence-electron chi connectivity index (χ2n) is 13.7. The van der Waals surface area contributed by atoms with Gasteiger partial charge in [-0.3, -0.25) is 0 Å². The molecule has 10 rings (SSSR count). The number of anilines is 3. The molecule has 0 N–H and O–H groups in total. The van der Waals surface area contributed by atoms with Crippen LogP contribution in [0.25, 0.3) is 64.0 Å². The fraction of sp³-hybridized carbons (Fsp3) is 0.0638. The van der Waals surface area contributed by atoms with Crippen LogP contribution in [0.1, 0.15) is 25.0 Å². The molecule has 1 aromatic heterocycles. The van der Waals surface area contributed by atoms with Crippen LogP contribution in [0.5, 0.6) is 0 Å². The minimum atomic E-state index is -0.0812. The summed E-state index contributed by atoms with van der Waals surface area (Å²) < 4.78 is 2.67. The van der Waals surface area contributed by atoms with E-state index in [1.807, 2.05) is 11.3 Å². The van der Waals surface area contributed by atoms with Gasteiger partial charge in [-0.1, -0.05) is 141 Å². The van der Waals surface area contributed by atoms with Gasteiger partial charge in [0, 0.05) is 47.9 Å². The highest BCUT2D eigenvalue weighted by Gasteiger charge is 2.37. The molecule has 0 fully saturated rings. The minimum absolute atomic E-state index is 0.0812. The molecule has 0 atom stereocenters. The van der Waals surface area contributed by atoms with E-state index >= 15 is 0 Å². The van der Waals surface area contributed by atoms with Crippen LogP contribution in [0.15, 0.2) is 164 Å². The zero-order valence-corrected chi connectivity index (χ0v) is 28.3. The van der Waals surface area contributed by atoms with E-state index in [0.717, 1.165) is 11.4 Å². The summed E-state index contributed by atoms with van der Waals surface area (Å²) in [5.41, 5.74) is 11.3. The fourth-order valence-corrected chi connectivity index (χ4v) is 9.48. The number of thiophene rings is 1. The first-order valence-electron chi connectivity index (χ1n) is 17.0. The summed E-state index contributed by atoms with van der Waals surface area (Å²) in [6.07, 6.45) is 0. The maximum Gasteiger partial charge on any atom is 0.0543 e. The topological polar surface area (TPSA) is 3.24 Å². The Labute approximate surface area is 290 Å². The average molecular weight is 644 g/mol. The monoisotopic (exact) mass is 643 g/mol. The first kappa shape index (κ1) is 28.3. The standard InChI is InChI=1S/C47H33NS/c1-47(2)40-16-9-8-15-38(40)45-41(47)17-10-18-42(45)48(34-24-21-31(22-25-34)30-11-4-3-5-12-30)35-26-28-43-39(29-35)37-27-23-33-20-19-32-13-6-7-14-36(32)44(33)46(37)49-43/h3-29H,1-2H3. The van der Waals surface area contributed by atoms with Gasteiger partial charge < -0.3 is 4.90 Å². The normalized spacial score (nSPS) is 13.3. The summed E-state index contributed by atoms with van der Waals surface area (Å²) in [5.74, 6) is 0. The second-order valence-corrected chi connectivity index (χ2v) is 14.8. The molecule has 0 radical (unpaired) electrons. The number of hydrogen-bond acceptors (Lipinski definition) is 2. The van der Waals surface area contributed by atoms with Crippen molar-refractivity contribution in [3.05, 3.63) is 175 Å². The van der Waals surface area contributed by atoms with Gasteiger partial charge in [-0.05, 0) is 80.4 Å². The van der Waals surface area contributed by atoms with E-state index in [-0.39, 0.29) is 5.41 Å². The third-order valence-corrected chi connectivity index (χ3v) is 11.8. The number of hydrogen-bond donors (Lipinski definition) is 0. The predicted molar refractivity (Wildman–Crippen MR) is 212 cm³/mol. The first-order chi connectivity index (χ1) is 24.1. The second kappa shape index (κ2) is 10.7. The summed E-state index contributed by atoms with van der Waals surface area (Å²) in [6.45, 7) is 4.72. The summed E-state index contributed by atoms with van der Waals surface area (Å²) in [5, 5.41) is 7.86. The molecule has 49 heavy (non-hydrogen) atoms. The van der Waals surface area contributed by atoms with Crippen molar-refractivity contribution in [2.45, 2.75) is 19.3 Å². The van der Waals surface area contributed by atoms with Crippen LogP contribution in [0.3, 0.4) is 0 Å². The summed E-state index contributed by atoms with van der Waals surface area (Å²) in [7, 11) is 0. The summed E-state index contributed by atoms with van der Waals surface area (Å²) in [6, 6.07) is 60.5. The van der Waals surface area contributed by atoms with Crippen LogP contribution in [0.2, 0.25) is 0 Å². The summed E-state index contributed by atoms with van der Waals surface area (Å²) >= 11 is 1.91. The largest absolute Gasteiger partial charge is 0.310 e. The van der Waals surface area contributed by atoms with Gasteiger partial charge in [-0.2, -0.15) is 0 Å². The van der Waals surface area contributed by atoms with Crippen molar-refractivity contribution in [2.75, 3.05) is 4.90 Å². The van der Waals surface area contributed by atoms with Crippen LogP contribution in [0, 0.1) is 0 Å². The Bertz CT molecular complexity index is 2730. The highest BCUT2D eigenvalue weighted by molar-refractivity contribution is 7.26. The predicted octanol–water partition coefficient (Wildman–Crippen LogP) is 13.8. The molecule has 0 amide bonds. The molecule has 0 saturated carbocycles. The molecular weight excluding hydrogens is 611 g/mol. The van der Waals surface area contributed by atoms with E-state index in [4.69, 9.17) is 0 Å². The van der Waals surface area contributed by atoms with Gasteiger partial charge in [0.1, 0.15) is 0 Å². The summed E-state index contributed by atoms with van der Waals surface area (Å²) in [4.78, 5) is 2.48. The zero-order chi connectivity index (χ0) is 32.7. The lowest BCUT2D eigenvalue weighted by Crippen LogP contribution is -2.16. The van der Waals surface area contributed by atoms with E-state index in [1.165, 1.54) is 80.8 Å². The third-order valence-electron chi connectivity index (χ3n) is 10.6. The van der Waals surface area contributed by atoms with E-state index < -0.39 is 0 Å². The van der Waals surface area contributed by atoms with Gasteiger partial charge >= 0.3 is 0 Å². The van der Waals surface area contributed by atoms with Gasteiger partial charge in [0.15, 0.2) is 0 Å². The molecule has 0 spiro atoms. The first-order valence-corrected chi connectivity index (χ1v) is 17.8. The van der Waals surface area contributed by atoms with Crippen molar-refractivity contribution in [1.82, 2.24) is 0 Å². The van der Waals surface area contributed by atoms with E-state index in [9.17, 15) is 0 Å². The molecule has 9 aromatic rings. The lowest BCUT2D eigenvalue weighted by atomic mass is 9.82. The molecular formula is C47H33NS. The Balaban J connectivity index is 1.22. The highest BCUT2D eigenvalue weighted by Crippen LogP contribution is 2.54. The molecule has 2 heteroatoms. The zero-order valence-electron chi connectivity index (χ0n) is 27.4. The van der Waals surface area contributed by atoms with Crippen LogP contribution < -0.4 is 4.90 Å². The van der Waals surface area contributed by atoms with Gasteiger partial charge in [0.05, 0.1) is 5.69 Å². The lowest BCUT2D eigenvalue weighted by molar-refractivity contribution is 0.660. The number of benzene rings is 8. The maximum absolute atomic E-state index is 2.48. The molecule has 1 heterocycles. The van der Waals surface area contributed by atoms with Crippen molar-refractivity contribution >= 4 is 70.1 Å². The quantitative estimate of drug-likeness (QED) is 0.173. The molecule has 0 aliphatic heterocycles. The Hall–Kier alpha value is -5.70. The van der Waals surface area contributed by atoms with Crippen molar-refractivity contribution < 1.29 is 0 Å². The fourth-order valence-electron chi connectivity index (χ4n) is 8.23. The molecule has 0 bridgehead atoms. The molecule has 8 aromatic carbocycles.